The minimum absolute atomic E-state index is 0.0372. The molecule has 3 heteroatoms. The second-order valence-electron chi connectivity index (χ2n) is 5.01. The van der Waals surface area contributed by atoms with Crippen molar-refractivity contribution in [2.45, 2.75) is 45.6 Å². The van der Waals surface area contributed by atoms with Crippen molar-refractivity contribution >= 4 is 12.0 Å². The van der Waals surface area contributed by atoms with E-state index in [9.17, 15) is 4.79 Å². The molecule has 1 amide bonds. The van der Waals surface area contributed by atoms with E-state index in [1.165, 1.54) is 19.3 Å². The molecule has 1 N–H and O–H groups in total. The highest BCUT2D eigenvalue weighted by Gasteiger charge is 2.03. The van der Waals surface area contributed by atoms with Crippen LogP contribution >= 0.6 is 0 Å². The van der Waals surface area contributed by atoms with Crippen molar-refractivity contribution in [3.05, 3.63) is 35.9 Å². The van der Waals surface area contributed by atoms with E-state index in [1.54, 1.807) is 13.2 Å². The Morgan fingerprint density at radius 2 is 2.00 bits per heavy atom. The van der Waals surface area contributed by atoms with Crippen LogP contribution in [0.15, 0.2) is 30.3 Å². The second-order valence-corrected chi connectivity index (χ2v) is 5.01. The number of ether oxygens (including phenoxy) is 1. The number of amides is 1. The van der Waals surface area contributed by atoms with Crippen molar-refractivity contribution < 1.29 is 9.53 Å². The zero-order valence-electron chi connectivity index (χ0n) is 12.7. The third kappa shape index (κ3) is 6.41. The smallest absolute Gasteiger partial charge is 0.244 e. The lowest BCUT2D eigenvalue weighted by atomic mass is 10.1. The van der Waals surface area contributed by atoms with Crippen LogP contribution in [0.25, 0.3) is 6.08 Å². The van der Waals surface area contributed by atoms with Gasteiger partial charge in [-0.2, -0.15) is 0 Å². The summed E-state index contributed by atoms with van der Waals surface area (Å²) in [4.78, 5) is 11.8. The van der Waals surface area contributed by atoms with E-state index in [-0.39, 0.29) is 11.9 Å². The summed E-state index contributed by atoms with van der Waals surface area (Å²) in [6, 6.07) is 7.84. The first kappa shape index (κ1) is 16.3. The molecule has 3 nitrogen and oxygen atoms in total. The summed E-state index contributed by atoms with van der Waals surface area (Å²) in [6.07, 6.45) is 8.03. The number of rotatable bonds is 8. The van der Waals surface area contributed by atoms with E-state index in [0.717, 1.165) is 17.7 Å². The molecular weight excluding hydrogens is 250 g/mol. The fourth-order valence-electron chi connectivity index (χ4n) is 1.95. The molecule has 1 aromatic carbocycles. The third-order valence-electron chi connectivity index (χ3n) is 3.17. The maximum absolute atomic E-state index is 11.8. The predicted molar refractivity (Wildman–Crippen MR) is 83.8 cm³/mol. The zero-order chi connectivity index (χ0) is 14.8. The van der Waals surface area contributed by atoms with Gasteiger partial charge >= 0.3 is 0 Å². The van der Waals surface area contributed by atoms with Gasteiger partial charge in [-0.15, -0.1) is 0 Å². The topological polar surface area (TPSA) is 38.3 Å². The second kappa shape index (κ2) is 9.18. The van der Waals surface area contributed by atoms with E-state index in [1.807, 2.05) is 30.3 Å². The molecule has 0 saturated carbocycles. The Morgan fingerprint density at radius 1 is 1.30 bits per heavy atom. The Labute approximate surface area is 122 Å². The van der Waals surface area contributed by atoms with Crippen LogP contribution in [-0.4, -0.2) is 19.1 Å². The summed E-state index contributed by atoms with van der Waals surface area (Å²) in [5.74, 6) is 0.779. The number of carbonyl (C=O) groups excluding carboxylic acids is 1. The van der Waals surface area contributed by atoms with Crippen LogP contribution in [0.4, 0.5) is 0 Å². The van der Waals surface area contributed by atoms with Gasteiger partial charge in [-0.1, -0.05) is 38.3 Å². The van der Waals surface area contributed by atoms with E-state index in [0.29, 0.717) is 0 Å². The molecule has 20 heavy (non-hydrogen) atoms. The maximum Gasteiger partial charge on any atom is 0.244 e. The van der Waals surface area contributed by atoms with E-state index < -0.39 is 0 Å². The lowest BCUT2D eigenvalue weighted by molar-refractivity contribution is -0.117. The van der Waals surface area contributed by atoms with Crippen LogP contribution in [0.1, 0.15) is 45.1 Å². The maximum atomic E-state index is 11.8. The molecule has 0 fully saturated rings. The van der Waals surface area contributed by atoms with Gasteiger partial charge in [0.15, 0.2) is 0 Å². The molecule has 0 aliphatic heterocycles. The van der Waals surface area contributed by atoms with Crippen molar-refractivity contribution in [1.29, 1.82) is 0 Å². The molecule has 0 saturated heterocycles. The molecule has 0 aromatic heterocycles. The minimum Gasteiger partial charge on any atom is -0.497 e. The lowest BCUT2D eigenvalue weighted by Crippen LogP contribution is -2.30. The van der Waals surface area contributed by atoms with E-state index >= 15 is 0 Å². The largest absolute Gasteiger partial charge is 0.497 e. The fraction of sp³-hybridized carbons (Fsp3) is 0.471. The van der Waals surface area contributed by atoms with Gasteiger partial charge in [-0.05, 0) is 37.1 Å². The minimum atomic E-state index is -0.0372. The fourth-order valence-corrected chi connectivity index (χ4v) is 1.95. The summed E-state index contributed by atoms with van der Waals surface area (Å²) < 4.78 is 5.09. The molecular formula is C17H25NO2. The van der Waals surface area contributed by atoms with Crippen molar-refractivity contribution in [2.24, 2.45) is 0 Å². The molecule has 0 aliphatic carbocycles. The van der Waals surface area contributed by atoms with Crippen molar-refractivity contribution in [3.8, 4) is 5.75 Å². The third-order valence-corrected chi connectivity index (χ3v) is 3.17. The number of carbonyl (C=O) groups is 1. The molecule has 1 aromatic rings. The van der Waals surface area contributed by atoms with Crippen LogP contribution < -0.4 is 10.1 Å². The molecule has 0 aliphatic rings. The Kier molecular flexibility index (Phi) is 7.48. The number of hydrogen-bond donors (Lipinski definition) is 1. The first-order valence-electron chi connectivity index (χ1n) is 7.28. The van der Waals surface area contributed by atoms with Gasteiger partial charge in [0, 0.05) is 12.1 Å². The van der Waals surface area contributed by atoms with Gasteiger partial charge in [0.2, 0.25) is 5.91 Å². The van der Waals surface area contributed by atoms with E-state index in [4.69, 9.17) is 4.74 Å². The summed E-state index contributed by atoms with van der Waals surface area (Å²) in [7, 11) is 1.64. The Balaban J connectivity index is 2.38. The summed E-state index contributed by atoms with van der Waals surface area (Å²) in [5, 5.41) is 2.98. The van der Waals surface area contributed by atoms with Gasteiger partial charge in [0.05, 0.1) is 7.11 Å². The van der Waals surface area contributed by atoms with Gasteiger partial charge < -0.3 is 10.1 Å². The molecule has 0 heterocycles. The summed E-state index contributed by atoms with van der Waals surface area (Å²) >= 11 is 0. The van der Waals surface area contributed by atoms with Crippen LogP contribution in [0.2, 0.25) is 0 Å². The molecule has 1 rings (SSSR count). The molecule has 0 radical (unpaired) electrons. The first-order valence-corrected chi connectivity index (χ1v) is 7.28. The normalized spacial score (nSPS) is 12.3. The number of benzene rings is 1. The van der Waals surface area contributed by atoms with Crippen LogP contribution in [0.5, 0.6) is 5.75 Å². The van der Waals surface area contributed by atoms with Gasteiger partial charge in [0.25, 0.3) is 0 Å². The van der Waals surface area contributed by atoms with Crippen molar-refractivity contribution in [3.63, 3.8) is 0 Å². The highest BCUT2D eigenvalue weighted by Crippen LogP contribution is 2.12. The average molecular weight is 275 g/mol. The first-order chi connectivity index (χ1) is 9.65. The summed E-state index contributed by atoms with van der Waals surface area (Å²) in [5.41, 5.74) is 0.986. The van der Waals surface area contributed by atoms with Gasteiger partial charge in [0.1, 0.15) is 5.75 Å². The molecule has 1 unspecified atom stereocenters. The van der Waals surface area contributed by atoms with Gasteiger partial charge in [-0.3, -0.25) is 4.79 Å². The molecule has 1 atom stereocenters. The number of unbranched alkanes of at least 4 members (excludes halogenated alkanes) is 2. The van der Waals surface area contributed by atoms with Crippen LogP contribution in [-0.2, 0) is 4.79 Å². The zero-order valence-corrected chi connectivity index (χ0v) is 12.7. The standard InChI is InChI=1S/C17H25NO2/c1-4-5-6-7-14(2)18-17(19)13-10-15-8-11-16(20-3)12-9-15/h8-14H,4-7H2,1-3H3,(H,18,19). The van der Waals surface area contributed by atoms with Crippen molar-refractivity contribution in [2.75, 3.05) is 7.11 Å². The van der Waals surface area contributed by atoms with Crippen molar-refractivity contribution in [1.82, 2.24) is 5.32 Å². The Bertz CT molecular complexity index is 423. The monoisotopic (exact) mass is 275 g/mol. The molecule has 110 valence electrons. The summed E-state index contributed by atoms with van der Waals surface area (Å²) in [6.45, 7) is 4.23. The van der Waals surface area contributed by atoms with Crippen LogP contribution in [0, 0.1) is 0 Å². The SMILES string of the molecule is CCCCCC(C)NC(=O)C=Cc1ccc(OC)cc1. The quantitative estimate of drug-likeness (QED) is 0.579. The average Bonchev–Trinajstić information content (AvgIpc) is 2.46. The number of hydrogen-bond acceptors (Lipinski definition) is 2. The highest BCUT2D eigenvalue weighted by atomic mass is 16.5. The van der Waals surface area contributed by atoms with E-state index in [2.05, 4.69) is 19.2 Å². The Morgan fingerprint density at radius 3 is 2.60 bits per heavy atom. The predicted octanol–water partition coefficient (Wildman–Crippen LogP) is 3.79. The van der Waals surface area contributed by atoms with Gasteiger partial charge in [-0.25, -0.2) is 0 Å². The molecule has 0 bridgehead atoms. The number of methoxy groups -OCH3 is 1. The lowest BCUT2D eigenvalue weighted by Gasteiger charge is -2.11. The van der Waals surface area contributed by atoms with Crippen LogP contribution in [0.3, 0.4) is 0 Å². The highest BCUT2D eigenvalue weighted by molar-refractivity contribution is 5.91. The Hall–Kier alpha value is -1.77. The molecule has 0 spiro atoms. The number of nitrogens with one attached hydrogen (secondary N) is 1.